The van der Waals surface area contributed by atoms with Crippen molar-refractivity contribution < 1.29 is 28.5 Å². The number of hydrogen-bond donors (Lipinski definition) is 2. The van der Waals surface area contributed by atoms with Gasteiger partial charge in [0.25, 0.3) is 5.91 Å². The molecule has 0 spiro atoms. The number of nitrogens with zero attached hydrogens (tertiary/aromatic N) is 1. The molecule has 1 aliphatic heterocycles. The molecular weight excluding hydrogens is 474 g/mol. The van der Waals surface area contributed by atoms with Crippen LogP contribution in [0.5, 0.6) is 17.2 Å². The quantitative estimate of drug-likeness (QED) is 0.330. The number of hydrogen-bond acceptors (Lipinski definition) is 8. The summed E-state index contributed by atoms with van der Waals surface area (Å²) in [7, 11) is 6.20. The summed E-state index contributed by atoms with van der Waals surface area (Å²) < 4.78 is 20.9. The molecule has 0 saturated carbocycles. The molecule has 37 heavy (non-hydrogen) atoms. The van der Waals surface area contributed by atoms with Crippen molar-refractivity contribution in [3.8, 4) is 28.4 Å². The van der Waals surface area contributed by atoms with Crippen LogP contribution in [-0.2, 0) is 16.1 Å². The molecule has 2 N–H and O–H groups in total. The lowest BCUT2D eigenvalue weighted by Gasteiger charge is -2.40. The van der Waals surface area contributed by atoms with E-state index in [9.17, 15) is 9.59 Å². The van der Waals surface area contributed by atoms with E-state index in [2.05, 4.69) is 15.4 Å². The summed E-state index contributed by atoms with van der Waals surface area (Å²) in [4.78, 5) is 26.5. The van der Waals surface area contributed by atoms with E-state index >= 15 is 0 Å². The van der Waals surface area contributed by atoms with Gasteiger partial charge in [0.1, 0.15) is 22.8 Å². The van der Waals surface area contributed by atoms with Crippen molar-refractivity contribution in [2.45, 2.75) is 25.9 Å². The first-order chi connectivity index (χ1) is 17.7. The van der Waals surface area contributed by atoms with Crippen molar-refractivity contribution in [1.82, 2.24) is 0 Å². The average Bonchev–Trinajstić information content (AvgIpc) is 2.90. The number of rotatable bonds is 7. The van der Waals surface area contributed by atoms with Crippen LogP contribution >= 0.6 is 0 Å². The number of nitrogens with one attached hydrogen (secondary N) is 2. The minimum Gasteiger partial charge on any atom is -0.496 e. The highest BCUT2D eigenvalue weighted by molar-refractivity contribution is 6.09. The maximum atomic E-state index is 13.2. The van der Waals surface area contributed by atoms with E-state index in [1.54, 1.807) is 38.3 Å². The minimum atomic E-state index is -0.820. The second-order valence-electron chi connectivity index (χ2n) is 9.07. The number of carbonyl (C=O) groups excluding carboxylic acids is 2. The fourth-order valence-electron chi connectivity index (χ4n) is 4.53. The molecule has 0 bridgehead atoms. The van der Waals surface area contributed by atoms with Gasteiger partial charge in [-0.05, 0) is 49.7 Å². The van der Waals surface area contributed by atoms with Gasteiger partial charge >= 0.3 is 6.16 Å². The van der Waals surface area contributed by atoms with Gasteiger partial charge in [0, 0.05) is 30.8 Å². The minimum absolute atomic E-state index is 0.0514. The van der Waals surface area contributed by atoms with Crippen molar-refractivity contribution in [3.05, 3.63) is 60.2 Å². The number of amides is 1. The lowest BCUT2D eigenvalue weighted by Crippen LogP contribution is -2.52. The van der Waals surface area contributed by atoms with Gasteiger partial charge in [0.15, 0.2) is 0 Å². The van der Waals surface area contributed by atoms with Gasteiger partial charge in [0.05, 0.1) is 38.4 Å². The van der Waals surface area contributed by atoms with Crippen LogP contribution in [0.3, 0.4) is 0 Å². The van der Waals surface area contributed by atoms with Gasteiger partial charge in [0.2, 0.25) is 0 Å². The van der Waals surface area contributed by atoms with Crippen LogP contribution < -0.4 is 29.7 Å². The van der Waals surface area contributed by atoms with Crippen LogP contribution in [0.15, 0.2) is 54.6 Å². The summed E-state index contributed by atoms with van der Waals surface area (Å²) in [6.07, 6.45) is -0.820. The summed E-state index contributed by atoms with van der Waals surface area (Å²) >= 11 is 0. The normalized spacial score (nSPS) is 13.8. The number of methoxy groups -OCH3 is 3. The van der Waals surface area contributed by atoms with Crippen molar-refractivity contribution in [2.24, 2.45) is 0 Å². The summed E-state index contributed by atoms with van der Waals surface area (Å²) in [6, 6.07) is 16.7. The SMILES string of the molecule is COC(=O)Oc1ccc(-c2ccc3c(c2CNc2ccccc2OC)N(C)C(=O)C(C)(C)N3)c(OC)c1. The molecule has 3 aromatic carbocycles. The van der Waals surface area contributed by atoms with Crippen molar-refractivity contribution in [1.29, 1.82) is 0 Å². The zero-order valence-electron chi connectivity index (χ0n) is 21.8. The molecule has 194 valence electrons. The highest BCUT2D eigenvalue weighted by Gasteiger charge is 2.38. The Balaban J connectivity index is 1.85. The molecule has 0 aromatic heterocycles. The molecule has 1 aliphatic rings. The van der Waals surface area contributed by atoms with Gasteiger partial charge in [-0.1, -0.05) is 18.2 Å². The van der Waals surface area contributed by atoms with Crippen LogP contribution in [0, 0.1) is 0 Å². The Labute approximate surface area is 216 Å². The van der Waals surface area contributed by atoms with Crippen LogP contribution in [0.2, 0.25) is 0 Å². The Kier molecular flexibility index (Phi) is 7.15. The maximum absolute atomic E-state index is 13.2. The van der Waals surface area contributed by atoms with Crippen molar-refractivity contribution in [2.75, 3.05) is 43.9 Å². The van der Waals surface area contributed by atoms with E-state index < -0.39 is 11.7 Å². The number of para-hydroxylation sites is 2. The van der Waals surface area contributed by atoms with E-state index in [4.69, 9.17) is 14.2 Å². The standard InChI is InChI=1S/C28H31N3O6/c1-28(2)26(32)31(3)25-20(16-29-21-9-7-8-10-23(21)34-4)18(13-14-22(25)30-28)19-12-11-17(15-24(19)35-5)37-27(33)36-6/h7-15,29-30H,16H2,1-6H3. The fraction of sp³-hybridized carbons (Fsp3) is 0.286. The Bertz CT molecular complexity index is 1340. The molecule has 0 saturated heterocycles. The first kappa shape index (κ1) is 25.7. The Hall–Kier alpha value is -4.40. The molecule has 0 aliphatic carbocycles. The van der Waals surface area contributed by atoms with Crippen LogP contribution in [0.4, 0.5) is 21.9 Å². The zero-order valence-corrected chi connectivity index (χ0v) is 21.8. The molecule has 9 nitrogen and oxygen atoms in total. The molecule has 0 unspecified atom stereocenters. The summed E-state index contributed by atoms with van der Waals surface area (Å²) in [5.41, 5.74) is 4.18. The first-order valence-corrected chi connectivity index (χ1v) is 11.7. The number of fused-ring (bicyclic) bond motifs is 1. The second kappa shape index (κ2) is 10.3. The molecule has 9 heteroatoms. The van der Waals surface area contributed by atoms with Gasteiger partial charge in [-0.25, -0.2) is 4.79 Å². The van der Waals surface area contributed by atoms with Crippen LogP contribution in [-0.4, -0.2) is 46.0 Å². The summed E-state index contributed by atoms with van der Waals surface area (Å²) in [6.45, 7) is 4.11. The van der Waals surface area contributed by atoms with Gasteiger partial charge < -0.3 is 34.5 Å². The van der Waals surface area contributed by atoms with Crippen LogP contribution in [0.25, 0.3) is 11.1 Å². The molecular formula is C28H31N3O6. The number of carbonyl (C=O) groups is 2. The monoisotopic (exact) mass is 505 g/mol. The molecule has 0 fully saturated rings. The van der Waals surface area contributed by atoms with Gasteiger partial charge in [-0.15, -0.1) is 0 Å². The van der Waals surface area contributed by atoms with Gasteiger partial charge in [-0.3, -0.25) is 4.79 Å². The largest absolute Gasteiger partial charge is 0.513 e. The van der Waals surface area contributed by atoms with E-state index in [0.29, 0.717) is 18.0 Å². The Morgan fingerprint density at radius 2 is 1.68 bits per heavy atom. The fourth-order valence-corrected chi connectivity index (χ4v) is 4.53. The van der Waals surface area contributed by atoms with Crippen molar-refractivity contribution >= 4 is 29.1 Å². The molecule has 3 aromatic rings. The highest BCUT2D eigenvalue weighted by atomic mass is 16.7. The van der Waals surface area contributed by atoms with Crippen molar-refractivity contribution in [3.63, 3.8) is 0 Å². The van der Waals surface area contributed by atoms with E-state index in [1.807, 2.05) is 56.3 Å². The van der Waals surface area contributed by atoms with E-state index in [1.165, 1.54) is 7.11 Å². The Morgan fingerprint density at radius 1 is 0.973 bits per heavy atom. The maximum Gasteiger partial charge on any atom is 0.513 e. The first-order valence-electron chi connectivity index (χ1n) is 11.7. The summed E-state index contributed by atoms with van der Waals surface area (Å²) in [5, 5.41) is 6.84. The molecule has 0 radical (unpaired) electrons. The smallest absolute Gasteiger partial charge is 0.496 e. The third-order valence-electron chi connectivity index (χ3n) is 6.30. The molecule has 4 rings (SSSR count). The molecule has 0 atom stereocenters. The van der Waals surface area contributed by atoms with Gasteiger partial charge in [-0.2, -0.15) is 0 Å². The topological polar surface area (TPSA) is 98.4 Å². The van der Waals surface area contributed by atoms with E-state index in [0.717, 1.165) is 33.8 Å². The average molecular weight is 506 g/mol. The third kappa shape index (κ3) is 4.97. The summed E-state index contributed by atoms with van der Waals surface area (Å²) in [5.74, 6) is 1.44. The second-order valence-corrected chi connectivity index (χ2v) is 9.07. The lowest BCUT2D eigenvalue weighted by molar-refractivity contribution is -0.121. The molecule has 1 heterocycles. The number of benzene rings is 3. The highest BCUT2D eigenvalue weighted by Crippen LogP contribution is 2.45. The Morgan fingerprint density at radius 3 is 2.38 bits per heavy atom. The van der Waals surface area contributed by atoms with E-state index in [-0.39, 0.29) is 11.7 Å². The number of anilines is 3. The molecule has 1 amide bonds. The lowest BCUT2D eigenvalue weighted by atomic mass is 9.91. The van der Waals surface area contributed by atoms with Crippen LogP contribution in [0.1, 0.15) is 19.4 Å². The number of ether oxygens (including phenoxy) is 4. The predicted octanol–water partition coefficient (Wildman–Crippen LogP) is 5.30. The predicted molar refractivity (Wildman–Crippen MR) is 143 cm³/mol. The number of likely N-dealkylation sites (N-methyl/N-ethyl adjacent to an activating group) is 1. The zero-order chi connectivity index (χ0) is 26.7. The third-order valence-corrected chi connectivity index (χ3v) is 6.30.